The second kappa shape index (κ2) is 8.13. The number of hydrogen-bond acceptors (Lipinski definition) is 0. The van der Waals surface area contributed by atoms with Crippen LogP contribution >= 0.6 is 0 Å². The number of rotatable bonds is 5. The summed E-state index contributed by atoms with van der Waals surface area (Å²) in [7, 11) is 0. The highest BCUT2D eigenvalue weighted by atomic mass is 14.2. The van der Waals surface area contributed by atoms with E-state index in [0.717, 1.165) is 6.42 Å². The molecule has 0 heteroatoms. The summed E-state index contributed by atoms with van der Waals surface area (Å²) >= 11 is 0. The van der Waals surface area contributed by atoms with E-state index in [-0.39, 0.29) is 0 Å². The van der Waals surface area contributed by atoms with Crippen LogP contribution in [0.15, 0.2) is 60.7 Å². The smallest absolute Gasteiger partial charge is 0.00614 e. The van der Waals surface area contributed by atoms with Gasteiger partial charge in [-0.25, -0.2) is 0 Å². The van der Waals surface area contributed by atoms with E-state index in [1.807, 2.05) is 0 Å². The Balaban J connectivity index is 1.99. The van der Waals surface area contributed by atoms with E-state index in [4.69, 9.17) is 0 Å². The standard InChI is InChI=1S/C27H32/c1-7-23-11-19(3)13-25(16-23)22(6)27-15-20(4)14-26(17-27)21(5)24-10-8-9-18(2)12-24/h8-17,21-22H,7H2,1-6H3/t21-,22+/m1/s1. The van der Waals surface area contributed by atoms with Crippen molar-refractivity contribution < 1.29 is 0 Å². The van der Waals surface area contributed by atoms with E-state index in [9.17, 15) is 0 Å². The van der Waals surface area contributed by atoms with E-state index in [1.165, 1.54) is 44.5 Å². The zero-order valence-electron chi connectivity index (χ0n) is 17.6. The zero-order chi connectivity index (χ0) is 19.6. The van der Waals surface area contributed by atoms with Crippen LogP contribution in [0.4, 0.5) is 0 Å². The summed E-state index contributed by atoms with van der Waals surface area (Å²) in [5.74, 6) is 0.804. The third-order valence-corrected chi connectivity index (χ3v) is 5.73. The number of aryl methyl sites for hydroxylation is 4. The summed E-state index contributed by atoms with van der Waals surface area (Å²) < 4.78 is 0. The molecule has 27 heavy (non-hydrogen) atoms. The maximum Gasteiger partial charge on any atom is 0.00614 e. The first-order valence-electron chi connectivity index (χ1n) is 10.2. The third-order valence-electron chi connectivity index (χ3n) is 5.73. The van der Waals surface area contributed by atoms with Crippen LogP contribution in [-0.4, -0.2) is 0 Å². The van der Waals surface area contributed by atoms with Gasteiger partial charge in [0, 0.05) is 11.8 Å². The van der Waals surface area contributed by atoms with E-state index in [1.54, 1.807) is 0 Å². The van der Waals surface area contributed by atoms with Crippen molar-refractivity contribution in [3.05, 3.63) is 105 Å². The quantitative estimate of drug-likeness (QED) is 0.444. The molecule has 0 heterocycles. The summed E-state index contributed by atoms with van der Waals surface area (Å²) in [6.45, 7) is 13.5. The molecular formula is C27H32. The fraction of sp³-hybridized carbons (Fsp3) is 0.333. The summed E-state index contributed by atoms with van der Waals surface area (Å²) in [6.07, 6.45) is 1.09. The first-order chi connectivity index (χ1) is 12.9. The van der Waals surface area contributed by atoms with Gasteiger partial charge in [0.2, 0.25) is 0 Å². The number of hydrogen-bond donors (Lipinski definition) is 0. The van der Waals surface area contributed by atoms with E-state index < -0.39 is 0 Å². The Hall–Kier alpha value is -2.34. The fourth-order valence-corrected chi connectivity index (χ4v) is 4.02. The normalized spacial score (nSPS) is 13.4. The van der Waals surface area contributed by atoms with Crippen molar-refractivity contribution in [1.29, 1.82) is 0 Å². The van der Waals surface area contributed by atoms with Crippen LogP contribution < -0.4 is 0 Å². The molecule has 0 amide bonds. The predicted molar refractivity (Wildman–Crippen MR) is 118 cm³/mol. The third kappa shape index (κ3) is 4.50. The van der Waals surface area contributed by atoms with E-state index in [0.29, 0.717) is 11.8 Å². The largest absolute Gasteiger partial charge is 0.0617 e. The molecule has 0 N–H and O–H groups in total. The van der Waals surface area contributed by atoms with Gasteiger partial charge >= 0.3 is 0 Å². The van der Waals surface area contributed by atoms with Crippen LogP contribution in [0.25, 0.3) is 0 Å². The minimum absolute atomic E-state index is 0.401. The Morgan fingerprint density at radius 2 is 1.11 bits per heavy atom. The molecule has 0 saturated heterocycles. The van der Waals surface area contributed by atoms with Gasteiger partial charge in [-0.2, -0.15) is 0 Å². The van der Waals surface area contributed by atoms with Crippen molar-refractivity contribution in [3.63, 3.8) is 0 Å². The van der Waals surface area contributed by atoms with Crippen LogP contribution in [-0.2, 0) is 6.42 Å². The fourth-order valence-electron chi connectivity index (χ4n) is 4.02. The molecule has 0 aliphatic carbocycles. The van der Waals surface area contributed by atoms with Gasteiger partial charge in [-0.05, 0) is 55.0 Å². The van der Waals surface area contributed by atoms with Crippen molar-refractivity contribution in [2.45, 2.75) is 59.8 Å². The molecule has 0 aliphatic rings. The van der Waals surface area contributed by atoms with Crippen molar-refractivity contribution in [3.8, 4) is 0 Å². The monoisotopic (exact) mass is 356 g/mol. The lowest BCUT2D eigenvalue weighted by molar-refractivity contribution is 0.879. The van der Waals surface area contributed by atoms with Crippen molar-refractivity contribution >= 4 is 0 Å². The average molecular weight is 357 g/mol. The van der Waals surface area contributed by atoms with Crippen LogP contribution in [0.1, 0.15) is 77.1 Å². The maximum atomic E-state index is 2.42. The molecule has 0 aromatic heterocycles. The molecule has 0 fully saturated rings. The SMILES string of the molecule is CCc1cc(C)cc([C@H](C)c2cc(C)cc([C@H](C)c3cccc(C)c3)c2)c1. The molecule has 0 nitrogen and oxygen atoms in total. The van der Waals surface area contributed by atoms with Crippen molar-refractivity contribution in [2.24, 2.45) is 0 Å². The molecule has 0 unspecified atom stereocenters. The Morgan fingerprint density at radius 1 is 0.593 bits per heavy atom. The topological polar surface area (TPSA) is 0 Å². The Bertz CT molecular complexity index is 933. The molecular weight excluding hydrogens is 324 g/mol. The molecule has 0 radical (unpaired) electrons. The van der Waals surface area contributed by atoms with Crippen LogP contribution in [0, 0.1) is 20.8 Å². The average Bonchev–Trinajstić information content (AvgIpc) is 2.65. The lowest BCUT2D eigenvalue weighted by Gasteiger charge is -2.20. The van der Waals surface area contributed by atoms with Crippen molar-refractivity contribution in [1.82, 2.24) is 0 Å². The number of benzene rings is 3. The summed E-state index contributed by atoms with van der Waals surface area (Å²) in [5, 5.41) is 0. The van der Waals surface area contributed by atoms with Gasteiger partial charge in [0.25, 0.3) is 0 Å². The minimum atomic E-state index is 0.401. The van der Waals surface area contributed by atoms with E-state index >= 15 is 0 Å². The predicted octanol–water partition coefficient (Wildman–Crippen LogP) is 7.48. The Labute approximate surface area is 165 Å². The molecule has 3 aromatic carbocycles. The van der Waals surface area contributed by atoms with Gasteiger partial charge in [-0.15, -0.1) is 0 Å². The molecule has 0 bridgehead atoms. The summed E-state index contributed by atoms with van der Waals surface area (Å²) in [6, 6.07) is 23.0. The Kier molecular flexibility index (Phi) is 5.85. The lowest BCUT2D eigenvalue weighted by atomic mass is 9.85. The molecule has 3 aromatic rings. The second-order valence-corrected chi connectivity index (χ2v) is 8.14. The molecule has 3 rings (SSSR count). The van der Waals surface area contributed by atoms with Gasteiger partial charge in [0.05, 0.1) is 0 Å². The minimum Gasteiger partial charge on any atom is -0.0617 e. The van der Waals surface area contributed by atoms with Gasteiger partial charge in [0.15, 0.2) is 0 Å². The van der Waals surface area contributed by atoms with Gasteiger partial charge in [-0.1, -0.05) is 98.1 Å². The van der Waals surface area contributed by atoms with Gasteiger partial charge in [0.1, 0.15) is 0 Å². The molecule has 0 saturated carbocycles. The van der Waals surface area contributed by atoms with Crippen LogP contribution in [0.2, 0.25) is 0 Å². The van der Waals surface area contributed by atoms with E-state index in [2.05, 4.69) is 102 Å². The Morgan fingerprint density at radius 3 is 1.70 bits per heavy atom. The maximum absolute atomic E-state index is 2.42. The van der Waals surface area contributed by atoms with Crippen LogP contribution in [0.3, 0.4) is 0 Å². The highest BCUT2D eigenvalue weighted by Gasteiger charge is 2.15. The first-order valence-corrected chi connectivity index (χ1v) is 10.2. The van der Waals surface area contributed by atoms with Gasteiger partial charge < -0.3 is 0 Å². The summed E-state index contributed by atoms with van der Waals surface area (Å²) in [4.78, 5) is 0. The second-order valence-electron chi connectivity index (χ2n) is 8.14. The summed E-state index contributed by atoms with van der Waals surface area (Å²) in [5.41, 5.74) is 11.1. The van der Waals surface area contributed by atoms with Crippen LogP contribution in [0.5, 0.6) is 0 Å². The first kappa shape index (κ1) is 19.4. The zero-order valence-corrected chi connectivity index (χ0v) is 17.6. The highest BCUT2D eigenvalue weighted by Crippen LogP contribution is 2.32. The molecule has 2 atom stereocenters. The molecule has 0 aliphatic heterocycles. The molecule has 0 spiro atoms. The lowest BCUT2D eigenvalue weighted by Crippen LogP contribution is -2.03. The molecule has 140 valence electrons. The highest BCUT2D eigenvalue weighted by molar-refractivity contribution is 5.43. The van der Waals surface area contributed by atoms with Gasteiger partial charge in [-0.3, -0.25) is 0 Å². The van der Waals surface area contributed by atoms with Crippen molar-refractivity contribution in [2.75, 3.05) is 0 Å².